The van der Waals surface area contributed by atoms with E-state index in [9.17, 15) is 4.79 Å². The molecule has 126 valence electrons. The van der Waals surface area contributed by atoms with Crippen molar-refractivity contribution in [3.05, 3.63) is 23.8 Å². The molecule has 23 heavy (non-hydrogen) atoms. The smallest absolute Gasteiger partial charge is 0.223 e. The molecule has 2 N–H and O–H groups in total. The number of hydrogen-bond donors (Lipinski definition) is 1. The summed E-state index contributed by atoms with van der Waals surface area (Å²) >= 11 is 0. The predicted octanol–water partition coefficient (Wildman–Crippen LogP) is 2.12. The molecule has 2 aliphatic heterocycles. The number of rotatable bonds is 3. The Balaban J connectivity index is 1.57. The lowest BCUT2D eigenvalue weighted by Crippen LogP contribution is -2.48. The van der Waals surface area contributed by atoms with E-state index in [-0.39, 0.29) is 18.0 Å². The Labute approximate surface area is 137 Å². The van der Waals surface area contributed by atoms with Crippen molar-refractivity contribution in [2.45, 2.75) is 51.1 Å². The fraction of sp³-hybridized carbons (Fsp3) is 0.611. The number of carbonyl (C=O) groups is 1. The highest BCUT2D eigenvalue weighted by molar-refractivity contribution is 5.77. The largest absolute Gasteiger partial charge is 0.490 e. The van der Waals surface area contributed by atoms with Crippen molar-refractivity contribution >= 4 is 5.91 Å². The first-order chi connectivity index (χ1) is 11.1. The molecule has 1 aromatic carbocycles. The number of likely N-dealkylation sites (tertiary alicyclic amines) is 1. The number of benzene rings is 1. The van der Waals surface area contributed by atoms with Crippen LogP contribution in [0.2, 0.25) is 0 Å². The SMILES string of the molecule is C[C@H]1C[C@@H](N)CCN1C(=O)CCc1ccc2c(c1)OCCCO2. The van der Waals surface area contributed by atoms with Gasteiger partial charge in [0.15, 0.2) is 11.5 Å². The van der Waals surface area contributed by atoms with Gasteiger partial charge in [0.1, 0.15) is 0 Å². The summed E-state index contributed by atoms with van der Waals surface area (Å²) < 4.78 is 11.3. The van der Waals surface area contributed by atoms with Crippen LogP contribution in [0.25, 0.3) is 0 Å². The normalized spacial score (nSPS) is 24.2. The Hall–Kier alpha value is -1.75. The lowest BCUT2D eigenvalue weighted by molar-refractivity contribution is -0.134. The molecule has 2 heterocycles. The van der Waals surface area contributed by atoms with Crippen molar-refractivity contribution < 1.29 is 14.3 Å². The lowest BCUT2D eigenvalue weighted by Gasteiger charge is -2.36. The summed E-state index contributed by atoms with van der Waals surface area (Å²) in [4.78, 5) is 14.4. The summed E-state index contributed by atoms with van der Waals surface area (Å²) in [5.41, 5.74) is 7.08. The topological polar surface area (TPSA) is 64.8 Å². The number of ether oxygens (including phenoxy) is 2. The standard InChI is InChI=1S/C18H26N2O3/c1-13-11-15(19)7-8-20(13)18(21)6-4-14-3-5-16-17(12-14)23-10-2-9-22-16/h3,5,12-13,15H,2,4,6-11,19H2,1H3/t13-,15-/m0/s1. The Morgan fingerprint density at radius 1 is 1.30 bits per heavy atom. The number of carbonyl (C=O) groups excluding carboxylic acids is 1. The van der Waals surface area contributed by atoms with Gasteiger partial charge < -0.3 is 20.1 Å². The Morgan fingerprint density at radius 3 is 2.87 bits per heavy atom. The summed E-state index contributed by atoms with van der Waals surface area (Å²) in [6, 6.07) is 6.45. The number of hydrogen-bond acceptors (Lipinski definition) is 4. The van der Waals surface area contributed by atoms with Gasteiger partial charge in [-0.25, -0.2) is 0 Å². The second-order valence-corrected chi connectivity index (χ2v) is 6.55. The van der Waals surface area contributed by atoms with E-state index in [1.165, 1.54) is 0 Å². The number of amides is 1. The fourth-order valence-electron chi connectivity index (χ4n) is 3.34. The van der Waals surface area contributed by atoms with Gasteiger partial charge in [-0.2, -0.15) is 0 Å². The average molecular weight is 318 g/mol. The molecule has 5 nitrogen and oxygen atoms in total. The van der Waals surface area contributed by atoms with Crippen LogP contribution in [-0.2, 0) is 11.2 Å². The van der Waals surface area contributed by atoms with Gasteiger partial charge >= 0.3 is 0 Å². The highest BCUT2D eigenvalue weighted by atomic mass is 16.5. The van der Waals surface area contributed by atoms with Crippen molar-refractivity contribution in [2.24, 2.45) is 5.73 Å². The van der Waals surface area contributed by atoms with E-state index in [4.69, 9.17) is 15.2 Å². The average Bonchev–Trinajstić information content (AvgIpc) is 2.77. The van der Waals surface area contributed by atoms with Crippen LogP contribution < -0.4 is 15.2 Å². The molecule has 0 unspecified atom stereocenters. The number of nitrogens with zero attached hydrogens (tertiary/aromatic N) is 1. The maximum absolute atomic E-state index is 12.5. The molecule has 1 fully saturated rings. The summed E-state index contributed by atoms with van der Waals surface area (Å²) in [5, 5.41) is 0. The maximum Gasteiger partial charge on any atom is 0.223 e. The molecule has 3 rings (SSSR count). The molecule has 0 bridgehead atoms. The van der Waals surface area contributed by atoms with Crippen LogP contribution in [0.15, 0.2) is 18.2 Å². The molecular weight excluding hydrogens is 292 g/mol. The van der Waals surface area contributed by atoms with Crippen LogP contribution in [0.1, 0.15) is 38.2 Å². The second-order valence-electron chi connectivity index (χ2n) is 6.55. The predicted molar refractivity (Wildman–Crippen MR) is 88.8 cm³/mol. The number of piperidine rings is 1. The highest BCUT2D eigenvalue weighted by Gasteiger charge is 2.26. The molecule has 0 aliphatic carbocycles. The molecule has 2 atom stereocenters. The van der Waals surface area contributed by atoms with Gasteiger partial charge in [0.05, 0.1) is 13.2 Å². The first kappa shape index (κ1) is 16.1. The van der Waals surface area contributed by atoms with Crippen LogP contribution >= 0.6 is 0 Å². The fourth-order valence-corrected chi connectivity index (χ4v) is 3.34. The van der Waals surface area contributed by atoms with Gasteiger partial charge in [-0.3, -0.25) is 4.79 Å². The molecule has 1 aromatic rings. The van der Waals surface area contributed by atoms with Crippen LogP contribution in [0.3, 0.4) is 0 Å². The zero-order valence-electron chi connectivity index (χ0n) is 13.8. The molecule has 5 heteroatoms. The molecule has 0 radical (unpaired) electrons. The third-order valence-electron chi connectivity index (χ3n) is 4.68. The minimum absolute atomic E-state index is 0.219. The van der Waals surface area contributed by atoms with E-state index in [1.54, 1.807) is 0 Å². The number of aryl methyl sites for hydroxylation is 1. The van der Waals surface area contributed by atoms with E-state index in [1.807, 2.05) is 23.1 Å². The van der Waals surface area contributed by atoms with E-state index in [0.29, 0.717) is 19.6 Å². The quantitative estimate of drug-likeness (QED) is 0.927. The molecule has 2 aliphatic rings. The summed E-state index contributed by atoms with van der Waals surface area (Å²) in [6.07, 6.45) is 3.96. The van der Waals surface area contributed by atoms with E-state index >= 15 is 0 Å². The van der Waals surface area contributed by atoms with Crippen LogP contribution in [0, 0.1) is 0 Å². The number of nitrogens with two attached hydrogens (primary N) is 1. The van der Waals surface area contributed by atoms with Crippen molar-refractivity contribution in [1.29, 1.82) is 0 Å². The third-order valence-corrected chi connectivity index (χ3v) is 4.68. The zero-order valence-corrected chi connectivity index (χ0v) is 13.8. The zero-order chi connectivity index (χ0) is 16.2. The Morgan fingerprint density at radius 2 is 2.09 bits per heavy atom. The van der Waals surface area contributed by atoms with Gasteiger partial charge in [-0.1, -0.05) is 6.07 Å². The van der Waals surface area contributed by atoms with Crippen molar-refractivity contribution in [1.82, 2.24) is 4.90 Å². The molecule has 1 saturated heterocycles. The van der Waals surface area contributed by atoms with E-state index in [2.05, 4.69) is 6.92 Å². The van der Waals surface area contributed by atoms with Crippen LogP contribution in [0.5, 0.6) is 11.5 Å². The minimum atomic E-state index is 0.219. The first-order valence-electron chi connectivity index (χ1n) is 8.57. The highest BCUT2D eigenvalue weighted by Crippen LogP contribution is 2.31. The summed E-state index contributed by atoms with van der Waals surface area (Å²) in [7, 11) is 0. The third kappa shape index (κ3) is 3.96. The monoisotopic (exact) mass is 318 g/mol. The molecular formula is C18H26N2O3. The van der Waals surface area contributed by atoms with E-state index in [0.717, 1.165) is 49.3 Å². The van der Waals surface area contributed by atoms with Gasteiger partial charge in [-0.15, -0.1) is 0 Å². The van der Waals surface area contributed by atoms with Gasteiger partial charge in [0.2, 0.25) is 5.91 Å². The van der Waals surface area contributed by atoms with Gasteiger partial charge in [-0.05, 0) is 43.9 Å². The van der Waals surface area contributed by atoms with E-state index < -0.39 is 0 Å². The molecule has 1 amide bonds. The van der Waals surface area contributed by atoms with Crippen LogP contribution in [-0.4, -0.2) is 42.6 Å². The minimum Gasteiger partial charge on any atom is -0.490 e. The maximum atomic E-state index is 12.5. The second kappa shape index (κ2) is 7.21. The van der Waals surface area contributed by atoms with Crippen molar-refractivity contribution in [3.8, 4) is 11.5 Å². The molecule has 0 spiro atoms. The first-order valence-corrected chi connectivity index (χ1v) is 8.57. The van der Waals surface area contributed by atoms with Crippen molar-refractivity contribution in [2.75, 3.05) is 19.8 Å². The lowest BCUT2D eigenvalue weighted by atomic mass is 9.98. The van der Waals surface area contributed by atoms with Crippen molar-refractivity contribution in [3.63, 3.8) is 0 Å². The molecule has 0 saturated carbocycles. The molecule has 0 aromatic heterocycles. The number of fused-ring (bicyclic) bond motifs is 1. The van der Waals surface area contributed by atoms with Gasteiger partial charge in [0, 0.05) is 31.5 Å². The summed E-state index contributed by atoms with van der Waals surface area (Å²) in [6.45, 7) is 4.24. The Kier molecular flexibility index (Phi) is 5.06. The summed E-state index contributed by atoms with van der Waals surface area (Å²) in [5.74, 6) is 1.82. The Bertz CT molecular complexity index is 561. The van der Waals surface area contributed by atoms with Gasteiger partial charge in [0.25, 0.3) is 0 Å². The van der Waals surface area contributed by atoms with Crippen LogP contribution in [0.4, 0.5) is 0 Å².